The Labute approximate surface area is 199 Å². The van der Waals surface area contributed by atoms with Gasteiger partial charge in [0, 0.05) is 16.8 Å². The normalized spacial score (nSPS) is 10.8. The number of hydrogen-bond acceptors (Lipinski definition) is 5. The quantitative estimate of drug-likeness (QED) is 0.334. The van der Waals surface area contributed by atoms with Crippen LogP contribution in [0.3, 0.4) is 0 Å². The maximum Gasteiger partial charge on any atom is 0.335 e. The van der Waals surface area contributed by atoms with Crippen molar-refractivity contribution in [1.29, 1.82) is 5.26 Å². The second-order valence-electron chi connectivity index (χ2n) is 6.87. The van der Waals surface area contributed by atoms with E-state index in [0.717, 1.165) is 0 Å². The standard InChI is InChI=1S/C25H18ClFN2O5/c1-33-22-7-2-4-16(23(22)34-14-19-20(26)5-3-6-21(19)27)12-17(13-28)24(30)29-18-10-8-15(9-11-18)25(31)32/h2-12H,14H2,1H3,(H,29,30)(H,31,32)/b17-12+. The third kappa shape index (κ3) is 5.71. The van der Waals surface area contributed by atoms with Gasteiger partial charge in [-0.15, -0.1) is 0 Å². The molecule has 1 amide bonds. The van der Waals surface area contributed by atoms with E-state index < -0.39 is 17.7 Å². The average molecular weight is 481 g/mol. The number of methoxy groups -OCH3 is 1. The SMILES string of the molecule is COc1cccc(/C=C(\C#N)C(=O)Nc2ccc(C(=O)O)cc2)c1OCc1c(F)cccc1Cl. The van der Waals surface area contributed by atoms with Gasteiger partial charge in [-0.1, -0.05) is 29.8 Å². The number of ether oxygens (including phenoxy) is 2. The highest BCUT2D eigenvalue weighted by molar-refractivity contribution is 6.31. The van der Waals surface area contributed by atoms with Crippen LogP contribution in [0.1, 0.15) is 21.5 Å². The summed E-state index contributed by atoms with van der Waals surface area (Å²) in [6.45, 7) is -0.212. The fourth-order valence-electron chi connectivity index (χ4n) is 2.97. The van der Waals surface area contributed by atoms with Gasteiger partial charge in [-0.3, -0.25) is 4.79 Å². The number of nitrogens with one attached hydrogen (secondary N) is 1. The number of para-hydroxylation sites is 1. The summed E-state index contributed by atoms with van der Waals surface area (Å²) in [7, 11) is 1.42. The van der Waals surface area contributed by atoms with Crippen molar-refractivity contribution in [3.05, 3.63) is 93.8 Å². The molecule has 0 aliphatic rings. The van der Waals surface area contributed by atoms with E-state index >= 15 is 0 Å². The Balaban J connectivity index is 1.88. The van der Waals surface area contributed by atoms with Gasteiger partial charge in [0.25, 0.3) is 5.91 Å². The molecule has 34 heavy (non-hydrogen) atoms. The van der Waals surface area contributed by atoms with Gasteiger partial charge in [0.15, 0.2) is 11.5 Å². The van der Waals surface area contributed by atoms with E-state index in [1.165, 1.54) is 55.7 Å². The number of carboxylic acids is 1. The zero-order valence-corrected chi connectivity index (χ0v) is 18.6. The Morgan fingerprint density at radius 2 is 1.85 bits per heavy atom. The summed E-state index contributed by atoms with van der Waals surface area (Å²) in [6.07, 6.45) is 1.31. The van der Waals surface area contributed by atoms with Crippen LogP contribution in [0.5, 0.6) is 11.5 Å². The molecule has 172 valence electrons. The lowest BCUT2D eigenvalue weighted by Crippen LogP contribution is -2.13. The predicted octanol–water partition coefficient (Wildman–Crippen LogP) is 5.31. The Kier molecular flexibility index (Phi) is 7.85. The first kappa shape index (κ1) is 24.3. The number of halogens is 2. The Morgan fingerprint density at radius 3 is 2.47 bits per heavy atom. The monoisotopic (exact) mass is 480 g/mol. The number of nitriles is 1. The van der Waals surface area contributed by atoms with Crippen LogP contribution < -0.4 is 14.8 Å². The minimum Gasteiger partial charge on any atom is -0.493 e. The number of carboxylic acid groups (broad SMARTS) is 1. The first-order chi connectivity index (χ1) is 16.3. The molecule has 0 aromatic heterocycles. The summed E-state index contributed by atoms with van der Waals surface area (Å²) in [5, 5.41) is 21.3. The second-order valence-corrected chi connectivity index (χ2v) is 7.28. The molecule has 0 saturated carbocycles. The van der Waals surface area contributed by atoms with Crippen LogP contribution in [-0.4, -0.2) is 24.1 Å². The number of amides is 1. The summed E-state index contributed by atoms with van der Waals surface area (Å²) in [5.74, 6) is -1.85. The van der Waals surface area contributed by atoms with E-state index in [1.54, 1.807) is 18.2 Å². The van der Waals surface area contributed by atoms with E-state index in [9.17, 15) is 19.2 Å². The van der Waals surface area contributed by atoms with Crippen molar-refractivity contribution in [1.82, 2.24) is 0 Å². The molecule has 0 saturated heterocycles. The van der Waals surface area contributed by atoms with E-state index in [0.29, 0.717) is 17.0 Å². The van der Waals surface area contributed by atoms with Crippen molar-refractivity contribution in [2.75, 3.05) is 12.4 Å². The summed E-state index contributed by atoms with van der Waals surface area (Å²) in [5.41, 5.74) is 0.617. The molecule has 3 rings (SSSR count). The Hall–Kier alpha value is -4.35. The minimum atomic E-state index is -1.10. The molecular formula is C25H18ClFN2O5. The van der Waals surface area contributed by atoms with Crippen LogP contribution in [0.4, 0.5) is 10.1 Å². The number of hydrogen-bond donors (Lipinski definition) is 2. The average Bonchev–Trinajstić information content (AvgIpc) is 2.82. The first-order valence-electron chi connectivity index (χ1n) is 9.83. The highest BCUT2D eigenvalue weighted by atomic mass is 35.5. The van der Waals surface area contributed by atoms with Crippen LogP contribution in [0.15, 0.2) is 66.2 Å². The van der Waals surface area contributed by atoms with Gasteiger partial charge < -0.3 is 19.9 Å². The summed E-state index contributed by atoms with van der Waals surface area (Å²) < 4.78 is 25.3. The molecule has 0 atom stereocenters. The van der Waals surface area contributed by atoms with E-state index in [4.69, 9.17) is 26.2 Å². The van der Waals surface area contributed by atoms with Crippen LogP contribution in [0.25, 0.3) is 6.08 Å². The first-order valence-corrected chi connectivity index (χ1v) is 10.2. The zero-order chi connectivity index (χ0) is 24.7. The van der Waals surface area contributed by atoms with E-state index in [-0.39, 0.29) is 34.1 Å². The van der Waals surface area contributed by atoms with Gasteiger partial charge in [-0.05, 0) is 48.5 Å². The molecule has 3 aromatic carbocycles. The number of aromatic carboxylic acids is 1. The topological polar surface area (TPSA) is 109 Å². The van der Waals surface area contributed by atoms with Gasteiger partial charge >= 0.3 is 5.97 Å². The Morgan fingerprint density at radius 1 is 1.15 bits per heavy atom. The molecule has 0 radical (unpaired) electrons. The number of carbonyl (C=O) groups excluding carboxylic acids is 1. The third-order valence-corrected chi connectivity index (χ3v) is 5.06. The molecule has 0 aliphatic heterocycles. The van der Waals surface area contributed by atoms with Crippen LogP contribution in [0.2, 0.25) is 5.02 Å². The molecule has 9 heteroatoms. The van der Waals surface area contributed by atoms with Gasteiger partial charge in [-0.25, -0.2) is 9.18 Å². The molecule has 2 N–H and O–H groups in total. The fourth-order valence-corrected chi connectivity index (χ4v) is 3.19. The lowest BCUT2D eigenvalue weighted by atomic mass is 10.1. The molecule has 0 heterocycles. The summed E-state index contributed by atoms with van der Waals surface area (Å²) >= 11 is 6.07. The summed E-state index contributed by atoms with van der Waals surface area (Å²) in [6, 6.07) is 16.5. The van der Waals surface area contributed by atoms with E-state index in [2.05, 4.69) is 5.32 Å². The number of rotatable bonds is 8. The number of carbonyl (C=O) groups is 2. The second kappa shape index (κ2) is 11.0. The van der Waals surface area contributed by atoms with Crippen molar-refractivity contribution in [3.8, 4) is 17.6 Å². The smallest absolute Gasteiger partial charge is 0.335 e. The Bertz CT molecular complexity index is 1280. The van der Waals surface area contributed by atoms with Gasteiger partial charge in [0.05, 0.1) is 17.7 Å². The molecule has 0 unspecified atom stereocenters. The van der Waals surface area contributed by atoms with Crippen LogP contribution in [-0.2, 0) is 11.4 Å². The highest BCUT2D eigenvalue weighted by Gasteiger charge is 2.16. The number of anilines is 1. The molecule has 0 aliphatic carbocycles. The number of benzene rings is 3. The van der Waals surface area contributed by atoms with E-state index in [1.807, 2.05) is 6.07 Å². The third-order valence-electron chi connectivity index (χ3n) is 4.71. The number of nitrogens with zero attached hydrogens (tertiary/aromatic N) is 1. The van der Waals surface area contributed by atoms with Gasteiger partial charge in [-0.2, -0.15) is 5.26 Å². The minimum absolute atomic E-state index is 0.0576. The zero-order valence-electron chi connectivity index (χ0n) is 17.8. The largest absolute Gasteiger partial charge is 0.493 e. The molecule has 7 nitrogen and oxygen atoms in total. The van der Waals surface area contributed by atoms with Crippen molar-refractivity contribution >= 4 is 35.2 Å². The predicted molar refractivity (Wildman–Crippen MR) is 124 cm³/mol. The molecular weight excluding hydrogens is 463 g/mol. The van der Waals surface area contributed by atoms with Crippen molar-refractivity contribution in [3.63, 3.8) is 0 Å². The molecule has 0 fully saturated rings. The maximum atomic E-state index is 14.1. The van der Waals surface area contributed by atoms with Crippen molar-refractivity contribution in [2.45, 2.75) is 6.61 Å². The molecule has 0 bridgehead atoms. The molecule has 3 aromatic rings. The lowest BCUT2D eigenvalue weighted by molar-refractivity contribution is -0.112. The van der Waals surface area contributed by atoms with Crippen molar-refractivity contribution in [2.24, 2.45) is 0 Å². The van der Waals surface area contributed by atoms with Gasteiger partial charge in [0.2, 0.25) is 0 Å². The van der Waals surface area contributed by atoms with Crippen molar-refractivity contribution < 1.29 is 28.6 Å². The van der Waals surface area contributed by atoms with Crippen LogP contribution in [0, 0.1) is 17.1 Å². The fraction of sp³-hybridized carbons (Fsp3) is 0.0800. The highest BCUT2D eigenvalue weighted by Crippen LogP contribution is 2.34. The summed E-state index contributed by atoms with van der Waals surface area (Å²) in [4.78, 5) is 23.6. The lowest BCUT2D eigenvalue weighted by Gasteiger charge is -2.15. The van der Waals surface area contributed by atoms with Crippen LogP contribution >= 0.6 is 11.6 Å². The van der Waals surface area contributed by atoms with Gasteiger partial charge in [0.1, 0.15) is 24.1 Å². The maximum absolute atomic E-state index is 14.1. The molecule has 0 spiro atoms.